The molecule has 76 heavy (non-hydrogen) atoms. The third kappa shape index (κ3) is 6.92. The van der Waals surface area contributed by atoms with E-state index in [-0.39, 0.29) is 98.8 Å². The molecule has 2 spiro atoms. The van der Waals surface area contributed by atoms with Crippen molar-refractivity contribution >= 4 is 34.7 Å². The number of fused-ring (bicyclic) bond motifs is 17. The molecule has 9 saturated carbocycles. The van der Waals surface area contributed by atoms with Crippen molar-refractivity contribution in [2.24, 2.45) is 85.8 Å². The van der Waals surface area contributed by atoms with Gasteiger partial charge < -0.3 is 35.0 Å². The van der Waals surface area contributed by atoms with E-state index in [9.17, 15) is 54.3 Å². The number of ketones is 6. The molecule has 2 heterocycles. The van der Waals surface area contributed by atoms with E-state index in [2.05, 4.69) is 34.6 Å². The molecule has 2 saturated heterocycles. The van der Waals surface area contributed by atoms with Gasteiger partial charge in [-0.25, -0.2) is 0 Å². The van der Waals surface area contributed by atoms with Gasteiger partial charge in [-0.05, 0) is 203 Å². The Bertz CT molecular complexity index is 2520. The van der Waals surface area contributed by atoms with Gasteiger partial charge in [0, 0.05) is 35.5 Å². The number of Topliss-reactive ketones (excluding diaryl/α,β-unsaturated/α-hetero) is 3. The minimum Gasteiger partial charge on any atom is -0.393 e. The van der Waals surface area contributed by atoms with Crippen LogP contribution >= 0.6 is 0 Å². The average molecular weight is 1050 g/mol. The molecule has 21 atom stereocenters. The van der Waals surface area contributed by atoms with E-state index in [0.29, 0.717) is 68.6 Å². The Hall–Kier alpha value is -3.04. The first-order chi connectivity index (χ1) is 35.8. The van der Waals surface area contributed by atoms with Crippen LogP contribution in [0.5, 0.6) is 0 Å². The fraction of sp³-hybridized carbons (Fsp3) is 0.810. The summed E-state index contributed by atoms with van der Waals surface area (Å²) in [5, 5.41) is 54.2. The summed E-state index contributed by atoms with van der Waals surface area (Å²) in [5.41, 5.74) is -0.533. The van der Waals surface area contributed by atoms with E-state index >= 15 is 0 Å². The molecule has 0 amide bonds. The zero-order chi connectivity index (χ0) is 54.1. The number of aliphatic hydroxyl groups is 5. The number of rotatable bonds is 2. The summed E-state index contributed by atoms with van der Waals surface area (Å²) in [7, 11) is 0. The van der Waals surface area contributed by atoms with Gasteiger partial charge >= 0.3 is 0 Å². The zero-order valence-corrected chi connectivity index (χ0v) is 46.1. The van der Waals surface area contributed by atoms with Gasteiger partial charge in [0.2, 0.25) is 0 Å². The van der Waals surface area contributed by atoms with Gasteiger partial charge in [-0.15, -0.1) is 0 Å². The van der Waals surface area contributed by atoms with Crippen LogP contribution < -0.4 is 0 Å². The van der Waals surface area contributed by atoms with Crippen LogP contribution in [0.15, 0.2) is 34.9 Å². The number of aliphatic hydroxyl groups excluding tert-OH is 4. The molecule has 11 fully saturated rings. The van der Waals surface area contributed by atoms with Crippen molar-refractivity contribution in [3.05, 3.63) is 34.9 Å². The molecule has 0 aromatic heterocycles. The maximum Gasteiger partial charge on any atom is 0.190 e. The molecule has 13 nitrogen and oxygen atoms in total. The molecule has 13 heteroatoms. The van der Waals surface area contributed by atoms with Crippen LogP contribution in [0, 0.1) is 85.8 Å². The summed E-state index contributed by atoms with van der Waals surface area (Å²) in [4.78, 5) is 73.0. The minimum atomic E-state index is -1.54. The Balaban J connectivity index is 0.000000115. The second-order valence-corrected chi connectivity index (χ2v) is 28.9. The van der Waals surface area contributed by atoms with Gasteiger partial charge in [0.1, 0.15) is 36.6 Å². The highest BCUT2D eigenvalue weighted by atomic mass is 16.5. The van der Waals surface area contributed by atoms with Gasteiger partial charge in [0.25, 0.3) is 0 Å². The quantitative estimate of drug-likeness (QED) is 0.182. The summed E-state index contributed by atoms with van der Waals surface area (Å²) in [6, 6.07) is 0. The van der Waals surface area contributed by atoms with Gasteiger partial charge in [-0.2, -0.15) is 0 Å². The fourth-order valence-corrected chi connectivity index (χ4v) is 22.6. The van der Waals surface area contributed by atoms with Crippen molar-refractivity contribution in [3.63, 3.8) is 0 Å². The molecule has 0 aromatic carbocycles. The summed E-state index contributed by atoms with van der Waals surface area (Å²) >= 11 is 0. The van der Waals surface area contributed by atoms with E-state index < -0.39 is 52.9 Å². The van der Waals surface area contributed by atoms with Gasteiger partial charge in [0.15, 0.2) is 34.7 Å². The molecular formula is C63H86O13. The molecular weight excluding hydrogens is 965 g/mol. The Labute approximate surface area is 448 Å². The SMILES string of the molecule is C[C@]12CCC(=O)C=C1CC[C@@H]1[C@@H]2[C@@H](O)C[C@@]2(C)[C@H]1CC[C@@]21OCC1=O.C[C@]12CCC(=O)C=C1CC[C@@H]1[C@@H]2[C@@H](O)C[C@@]2(C)[C@H]1CC[C@@]21OCC1=O.C[C@]12CCC(=O)C=C1CC[C@@H]1[C@@H]2[C@@H](O)C[C@@]2(C)[C@H]1CC[C@]2(O)C(=O)CO. The maximum absolute atomic E-state index is 12.5. The van der Waals surface area contributed by atoms with E-state index in [1.54, 1.807) is 6.08 Å². The Morgan fingerprint density at radius 3 is 1.13 bits per heavy atom. The molecule has 0 radical (unpaired) electrons. The summed E-state index contributed by atoms with van der Waals surface area (Å²) in [5.74, 6) is 3.30. The third-order valence-corrected chi connectivity index (χ3v) is 26.5. The van der Waals surface area contributed by atoms with E-state index in [4.69, 9.17) is 9.47 Å². The van der Waals surface area contributed by atoms with Crippen LogP contribution in [0.25, 0.3) is 0 Å². The predicted molar refractivity (Wildman–Crippen MR) is 279 cm³/mol. The topological polar surface area (TPSA) is 222 Å². The van der Waals surface area contributed by atoms with Crippen molar-refractivity contribution < 1.29 is 63.8 Å². The lowest BCUT2D eigenvalue weighted by Crippen LogP contribution is -2.67. The van der Waals surface area contributed by atoms with Gasteiger partial charge in [0.05, 0.1) is 18.3 Å². The van der Waals surface area contributed by atoms with Crippen LogP contribution in [0.4, 0.5) is 0 Å². The van der Waals surface area contributed by atoms with E-state index in [1.165, 1.54) is 16.7 Å². The molecule has 0 bridgehead atoms. The molecule has 0 unspecified atom stereocenters. The van der Waals surface area contributed by atoms with Crippen molar-refractivity contribution in [1.29, 1.82) is 0 Å². The Kier molecular flexibility index (Phi) is 12.5. The zero-order valence-electron chi connectivity index (χ0n) is 46.1. The first-order valence-corrected chi connectivity index (χ1v) is 29.8. The fourth-order valence-electron chi connectivity index (χ4n) is 22.6. The van der Waals surface area contributed by atoms with Gasteiger partial charge in [-0.1, -0.05) is 58.3 Å². The molecule has 12 aliphatic carbocycles. The highest BCUT2D eigenvalue weighted by Gasteiger charge is 2.74. The van der Waals surface area contributed by atoms with Crippen molar-refractivity contribution in [2.75, 3.05) is 19.8 Å². The summed E-state index contributed by atoms with van der Waals surface area (Å²) in [6.07, 6.45) is 20.6. The standard InChI is InChI=1S/C21H30O5.2C21H28O4/c1-19-7-5-13(23)9-12(19)3-4-14-15-6-8-21(26,17(25)11-22)20(15,2)10-16(24)18(14)19;2*1-19-7-5-13(22)9-12(19)3-4-14-15-6-8-21(17(24)11-25-21)20(15,2)10-16(23)18(14)19/h9,14-16,18,22,24,26H,3-8,10-11H2,1-2H3;2*9,14-16,18,23H,3-8,10-11H2,1-2H3/t3*14-,15-,16-,18+,19-,20-,21-/m000/s1. The maximum atomic E-state index is 12.5. The molecule has 2 aliphatic heterocycles. The summed E-state index contributed by atoms with van der Waals surface area (Å²) < 4.78 is 11.8. The number of allylic oxidation sites excluding steroid dienone is 3. The van der Waals surface area contributed by atoms with Crippen LogP contribution in [-0.2, 0) is 38.2 Å². The van der Waals surface area contributed by atoms with Crippen LogP contribution in [0.3, 0.4) is 0 Å². The van der Waals surface area contributed by atoms with Crippen molar-refractivity contribution in [1.82, 2.24) is 0 Å². The predicted octanol–water partition coefficient (Wildman–Crippen LogP) is 7.44. The van der Waals surface area contributed by atoms with Gasteiger partial charge in [-0.3, -0.25) is 28.8 Å². The first kappa shape index (κ1) is 53.6. The normalized spacial score (nSPS) is 53.1. The highest BCUT2D eigenvalue weighted by molar-refractivity contribution is 5.96. The van der Waals surface area contributed by atoms with E-state index in [0.717, 1.165) is 89.9 Å². The van der Waals surface area contributed by atoms with E-state index in [1.807, 2.05) is 19.1 Å². The number of hydrogen-bond donors (Lipinski definition) is 5. The summed E-state index contributed by atoms with van der Waals surface area (Å²) in [6.45, 7) is 12.9. The average Bonchev–Trinajstić information content (AvgIpc) is 4.04. The Morgan fingerprint density at radius 1 is 0.487 bits per heavy atom. The number of hydrogen-bond acceptors (Lipinski definition) is 13. The first-order valence-electron chi connectivity index (χ1n) is 29.8. The van der Waals surface area contributed by atoms with Crippen LogP contribution in [0.2, 0.25) is 0 Å². The third-order valence-electron chi connectivity index (χ3n) is 26.5. The molecule has 14 rings (SSSR count). The Morgan fingerprint density at radius 2 is 0.816 bits per heavy atom. The highest BCUT2D eigenvalue weighted by Crippen LogP contribution is 2.72. The molecule has 14 aliphatic rings. The number of ether oxygens (including phenoxy) is 2. The lowest BCUT2D eigenvalue weighted by atomic mass is 9.45. The smallest absolute Gasteiger partial charge is 0.190 e. The largest absolute Gasteiger partial charge is 0.393 e. The van der Waals surface area contributed by atoms with Crippen molar-refractivity contribution in [3.8, 4) is 0 Å². The number of carbonyl (C=O) groups excluding carboxylic acids is 6. The molecule has 0 aromatic rings. The lowest BCUT2D eigenvalue weighted by Gasteiger charge is -2.62. The molecule has 416 valence electrons. The second-order valence-electron chi connectivity index (χ2n) is 28.9. The van der Waals surface area contributed by atoms with Crippen LogP contribution in [0.1, 0.15) is 176 Å². The minimum absolute atomic E-state index is 0.0577. The second kappa shape index (κ2) is 17.7. The monoisotopic (exact) mass is 1050 g/mol. The number of carbonyl (C=O) groups is 6. The molecule has 5 N–H and O–H groups in total. The van der Waals surface area contributed by atoms with Crippen molar-refractivity contribution in [2.45, 2.75) is 211 Å². The van der Waals surface area contributed by atoms with Crippen LogP contribution in [-0.4, -0.2) is 115 Å². The lowest BCUT2D eigenvalue weighted by molar-refractivity contribution is -0.226.